The molecule has 176 valence electrons. The topological polar surface area (TPSA) is 93.0 Å². The SMILES string of the molecule is [C-]#[N+]c1cc2c(Oc3ccc(NC(=O)NC)c(Cl)c3)ncnc2cc1OCC1CCN(C)CC1. The zero-order valence-electron chi connectivity index (χ0n) is 19.0. The van der Waals surface area contributed by atoms with Crippen molar-refractivity contribution in [3.05, 3.63) is 53.1 Å². The monoisotopic (exact) mass is 480 g/mol. The van der Waals surface area contributed by atoms with Crippen molar-refractivity contribution in [2.75, 3.05) is 39.1 Å². The smallest absolute Gasteiger partial charge is 0.319 e. The molecule has 2 amide bonds. The first-order valence-corrected chi connectivity index (χ1v) is 11.3. The van der Waals surface area contributed by atoms with E-state index in [0.717, 1.165) is 25.9 Å². The quantitative estimate of drug-likeness (QED) is 0.477. The average molecular weight is 481 g/mol. The lowest BCUT2D eigenvalue weighted by molar-refractivity contribution is 0.160. The van der Waals surface area contributed by atoms with E-state index >= 15 is 0 Å². The summed E-state index contributed by atoms with van der Waals surface area (Å²) < 4.78 is 12.0. The summed E-state index contributed by atoms with van der Waals surface area (Å²) in [6, 6.07) is 7.95. The summed E-state index contributed by atoms with van der Waals surface area (Å²) in [5.74, 6) is 1.71. The summed E-state index contributed by atoms with van der Waals surface area (Å²) in [6.45, 7) is 10.3. The zero-order chi connectivity index (χ0) is 24.1. The number of halogens is 1. The van der Waals surface area contributed by atoms with Crippen LogP contribution in [0.25, 0.3) is 15.7 Å². The van der Waals surface area contributed by atoms with E-state index in [-0.39, 0.29) is 6.03 Å². The van der Waals surface area contributed by atoms with Gasteiger partial charge in [-0.1, -0.05) is 11.6 Å². The zero-order valence-corrected chi connectivity index (χ0v) is 19.7. The molecule has 2 aromatic carbocycles. The van der Waals surface area contributed by atoms with Gasteiger partial charge >= 0.3 is 6.03 Å². The third-order valence-corrected chi connectivity index (χ3v) is 6.06. The van der Waals surface area contributed by atoms with E-state index < -0.39 is 0 Å². The maximum atomic E-state index is 11.5. The third kappa shape index (κ3) is 5.47. The van der Waals surface area contributed by atoms with Gasteiger partial charge < -0.3 is 25.0 Å². The average Bonchev–Trinajstić information content (AvgIpc) is 2.85. The summed E-state index contributed by atoms with van der Waals surface area (Å²) in [5, 5.41) is 5.99. The van der Waals surface area contributed by atoms with Gasteiger partial charge in [0.25, 0.3) is 0 Å². The van der Waals surface area contributed by atoms with E-state index in [1.165, 1.54) is 13.4 Å². The van der Waals surface area contributed by atoms with Crippen LogP contribution >= 0.6 is 11.6 Å². The number of piperidine rings is 1. The van der Waals surface area contributed by atoms with Gasteiger partial charge in [-0.25, -0.2) is 19.6 Å². The van der Waals surface area contributed by atoms with Crippen molar-refractivity contribution < 1.29 is 14.3 Å². The van der Waals surface area contributed by atoms with E-state index in [2.05, 4.69) is 37.4 Å². The van der Waals surface area contributed by atoms with Crippen LogP contribution in [0, 0.1) is 12.5 Å². The second-order valence-corrected chi connectivity index (χ2v) is 8.54. The molecule has 2 N–H and O–H groups in total. The lowest BCUT2D eigenvalue weighted by Gasteiger charge is -2.28. The number of likely N-dealkylation sites (tertiary alicyclic amines) is 1. The lowest BCUT2D eigenvalue weighted by Crippen LogP contribution is -2.32. The molecule has 34 heavy (non-hydrogen) atoms. The fraction of sp³-hybridized carbons (Fsp3) is 0.333. The second kappa shape index (κ2) is 10.5. The van der Waals surface area contributed by atoms with Crippen LogP contribution in [0.4, 0.5) is 16.2 Å². The number of fused-ring (bicyclic) bond motifs is 1. The van der Waals surface area contributed by atoms with E-state index in [4.69, 9.17) is 27.6 Å². The van der Waals surface area contributed by atoms with Crippen LogP contribution in [0.2, 0.25) is 5.02 Å². The highest BCUT2D eigenvalue weighted by atomic mass is 35.5. The number of aromatic nitrogens is 2. The number of ether oxygens (including phenoxy) is 2. The number of carbonyl (C=O) groups excluding carboxylic acids is 1. The summed E-state index contributed by atoms with van der Waals surface area (Å²) in [7, 11) is 3.64. The molecule has 0 spiro atoms. The molecule has 1 aliphatic rings. The number of urea groups is 1. The number of rotatable bonds is 6. The van der Waals surface area contributed by atoms with Gasteiger partial charge in [-0.15, -0.1) is 0 Å². The number of amides is 2. The third-order valence-electron chi connectivity index (χ3n) is 5.74. The molecule has 0 radical (unpaired) electrons. The fourth-order valence-corrected chi connectivity index (χ4v) is 3.94. The van der Waals surface area contributed by atoms with E-state index in [1.807, 2.05) is 0 Å². The Morgan fingerprint density at radius 2 is 2.06 bits per heavy atom. The largest absolute Gasteiger partial charge is 0.504 e. The highest BCUT2D eigenvalue weighted by molar-refractivity contribution is 6.33. The van der Waals surface area contributed by atoms with Crippen molar-refractivity contribution in [1.82, 2.24) is 20.2 Å². The van der Waals surface area contributed by atoms with Crippen LogP contribution in [-0.2, 0) is 0 Å². The van der Waals surface area contributed by atoms with E-state index in [9.17, 15) is 4.79 Å². The molecular formula is C24H25ClN6O3. The molecular weight excluding hydrogens is 456 g/mol. The Morgan fingerprint density at radius 3 is 2.76 bits per heavy atom. The summed E-state index contributed by atoms with van der Waals surface area (Å²) in [4.78, 5) is 26.1. The molecule has 0 aliphatic carbocycles. The van der Waals surface area contributed by atoms with Crippen molar-refractivity contribution >= 4 is 39.9 Å². The van der Waals surface area contributed by atoms with Crippen LogP contribution in [0.15, 0.2) is 36.7 Å². The molecule has 1 fully saturated rings. The Balaban J connectivity index is 1.54. The molecule has 10 heteroatoms. The minimum atomic E-state index is -0.377. The lowest BCUT2D eigenvalue weighted by atomic mass is 9.98. The Bertz CT molecular complexity index is 1240. The van der Waals surface area contributed by atoms with E-state index in [1.54, 1.807) is 30.3 Å². The van der Waals surface area contributed by atoms with Gasteiger partial charge in [0.1, 0.15) is 17.8 Å². The predicted molar refractivity (Wildman–Crippen MR) is 131 cm³/mol. The van der Waals surface area contributed by atoms with Gasteiger partial charge in [-0.05, 0) is 63.2 Å². The molecule has 1 aliphatic heterocycles. The van der Waals surface area contributed by atoms with Gasteiger partial charge in [0, 0.05) is 13.1 Å². The van der Waals surface area contributed by atoms with Gasteiger partial charge in [0.15, 0.2) is 0 Å². The Morgan fingerprint density at radius 1 is 1.26 bits per heavy atom. The predicted octanol–water partition coefficient (Wildman–Crippen LogP) is 5.10. The molecule has 0 unspecified atom stereocenters. The van der Waals surface area contributed by atoms with Crippen molar-refractivity contribution in [2.45, 2.75) is 12.8 Å². The molecule has 1 aromatic heterocycles. The van der Waals surface area contributed by atoms with Gasteiger partial charge in [0.05, 0.1) is 34.8 Å². The number of nitrogens with one attached hydrogen (secondary N) is 2. The number of hydrogen-bond donors (Lipinski definition) is 2. The number of nitrogens with zero attached hydrogens (tertiary/aromatic N) is 4. The van der Waals surface area contributed by atoms with E-state index in [0.29, 0.717) is 57.2 Å². The van der Waals surface area contributed by atoms with Crippen molar-refractivity contribution in [2.24, 2.45) is 5.92 Å². The maximum Gasteiger partial charge on any atom is 0.319 e. The Hall–Kier alpha value is -3.61. The first-order valence-electron chi connectivity index (χ1n) is 10.9. The fourth-order valence-electron chi connectivity index (χ4n) is 3.73. The second-order valence-electron chi connectivity index (χ2n) is 8.13. The Labute approximate surface area is 202 Å². The molecule has 1 saturated heterocycles. The standard InChI is InChI=1S/C24H25ClN6O3/c1-26-21-11-17-20(12-22(21)33-13-15-6-8-31(3)9-7-15)28-14-29-23(17)34-16-4-5-19(18(25)10-16)30-24(32)27-2/h4-5,10-12,14-15H,6-9,13H2,2-3H3,(H2,27,30,32). The maximum absolute atomic E-state index is 11.5. The number of hydrogen-bond acceptors (Lipinski definition) is 6. The highest BCUT2D eigenvalue weighted by Crippen LogP contribution is 2.37. The molecule has 9 nitrogen and oxygen atoms in total. The Kier molecular flexibility index (Phi) is 7.30. The summed E-state index contributed by atoms with van der Waals surface area (Å²) >= 11 is 6.28. The van der Waals surface area contributed by atoms with Crippen LogP contribution < -0.4 is 20.1 Å². The number of benzene rings is 2. The minimum Gasteiger partial charge on any atom is -0.504 e. The van der Waals surface area contributed by atoms with Crippen LogP contribution in [0.5, 0.6) is 17.4 Å². The molecule has 0 bridgehead atoms. The minimum absolute atomic E-state index is 0.292. The van der Waals surface area contributed by atoms with Crippen LogP contribution in [0.1, 0.15) is 12.8 Å². The first kappa shape index (κ1) is 23.5. The first-order chi connectivity index (χ1) is 16.5. The van der Waals surface area contributed by atoms with Crippen molar-refractivity contribution in [3.8, 4) is 17.4 Å². The molecule has 4 rings (SSSR count). The summed E-state index contributed by atoms with van der Waals surface area (Å²) in [6.07, 6.45) is 3.56. The molecule has 0 atom stereocenters. The van der Waals surface area contributed by atoms with Crippen molar-refractivity contribution in [3.63, 3.8) is 0 Å². The van der Waals surface area contributed by atoms with Crippen LogP contribution in [-0.4, -0.2) is 54.7 Å². The number of anilines is 1. The van der Waals surface area contributed by atoms with Gasteiger partial charge in [-0.3, -0.25) is 0 Å². The van der Waals surface area contributed by atoms with Gasteiger partial charge in [0.2, 0.25) is 11.6 Å². The summed E-state index contributed by atoms with van der Waals surface area (Å²) in [5.41, 5.74) is 1.44. The molecule has 3 aromatic rings. The van der Waals surface area contributed by atoms with Crippen molar-refractivity contribution in [1.29, 1.82) is 0 Å². The molecule has 0 saturated carbocycles. The normalized spacial score (nSPS) is 14.4. The number of carbonyl (C=O) groups is 1. The highest BCUT2D eigenvalue weighted by Gasteiger charge is 2.19. The van der Waals surface area contributed by atoms with Crippen LogP contribution in [0.3, 0.4) is 0 Å². The molecule has 2 heterocycles. The van der Waals surface area contributed by atoms with Gasteiger partial charge in [-0.2, -0.15) is 0 Å².